The molecule has 8 rings (SSSR count). The minimum absolute atomic E-state index is 0.875. The van der Waals surface area contributed by atoms with Gasteiger partial charge in [0, 0.05) is 39.2 Å². The fourth-order valence-corrected chi connectivity index (χ4v) is 6.22. The van der Waals surface area contributed by atoms with Gasteiger partial charge < -0.3 is 4.90 Å². The maximum atomic E-state index is 5.37. The van der Waals surface area contributed by atoms with Crippen LogP contribution in [0.2, 0.25) is 0 Å². The van der Waals surface area contributed by atoms with Crippen LogP contribution >= 0.6 is 0 Å². The first-order chi connectivity index (χ1) is 21.8. The van der Waals surface area contributed by atoms with E-state index < -0.39 is 0 Å². The highest BCUT2D eigenvalue weighted by atomic mass is 15.2. The maximum absolute atomic E-state index is 5.37. The van der Waals surface area contributed by atoms with E-state index in [4.69, 9.17) is 4.98 Å². The van der Waals surface area contributed by atoms with Crippen LogP contribution in [0.15, 0.2) is 176 Å². The summed E-state index contributed by atoms with van der Waals surface area (Å²) in [4.78, 5) is 9.89. The summed E-state index contributed by atoms with van der Waals surface area (Å²) in [6, 6.07) is 61.8. The van der Waals surface area contributed by atoms with Crippen LogP contribution in [-0.2, 0) is 0 Å². The summed E-state index contributed by atoms with van der Waals surface area (Å²) in [6.45, 7) is 0. The Hall–Kier alpha value is -5.93. The highest BCUT2D eigenvalue weighted by Crippen LogP contribution is 2.40. The molecule has 7 aromatic carbocycles. The zero-order valence-electron chi connectivity index (χ0n) is 24.1. The number of pyridine rings is 1. The Labute approximate surface area is 256 Å². The molecular weight excluding hydrogens is 534 g/mol. The summed E-state index contributed by atoms with van der Waals surface area (Å²) in [5.41, 5.74) is 6.42. The minimum Gasteiger partial charge on any atom is -0.311 e. The van der Waals surface area contributed by atoms with Crippen LogP contribution < -0.4 is 9.80 Å². The van der Waals surface area contributed by atoms with Gasteiger partial charge in [-0.05, 0) is 89.0 Å². The first kappa shape index (κ1) is 25.8. The van der Waals surface area contributed by atoms with E-state index in [-0.39, 0.29) is 0 Å². The highest BCUT2D eigenvalue weighted by Gasteiger charge is 2.18. The van der Waals surface area contributed by atoms with Crippen LogP contribution in [0.4, 0.5) is 34.3 Å². The van der Waals surface area contributed by atoms with E-state index in [1.807, 2.05) is 0 Å². The third-order valence-corrected chi connectivity index (χ3v) is 8.21. The Morgan fingerprint density at radius 3 is 1.11 bits per heavy atom. The lowest BCUT2D eigenvalue weighted by Crippen LogP contribution is -2.13. The second-order valence-electron chi connectivity index (χ2n) is 10.9. The Morgan fingerprint density at radius 1 is 0.273 bits per heavy atom. The van der Waals surface area contributed by atoms with Crippen molar-refractivity contribution in [2.75, 3.05) is 9.80 Å². The molecule has 0 aliphatic carbocycles. The first-order valence-electron chi connectivity index (χ1n) is 14.9. The summed E-state index contributed by atoms with van der Waals surface area (Å²) >= 11 is 0. The standard InChI is InChI=1S/C41H29N3/c1-4-14-30(15-5-1)43(31-16-6-2-7-17-31)33-24-26-34(27-25-33)44(32-18-8-3-9-19-32)40-29-28-39-37-22-11-10-20-35(37)36-21-12-13-23-38(36)41(39)42-40/h1-29H. The maximum Gasteiger partial charge on any atom is 0.138 e. The molecule has 0 radical (unpaired) electrons. The number of aromatic nitrogens is 1. The minimum atomic E-state index is 0.875. The van der Waals surface area contributed by atoms with Gasteiger partial charge in [-0.1, -0.05) is 103 Å². The molecule has 0 bridgehead atoms. The van der Waals surface area contributed by atoms with Crippen molar-refractivity contribution in [3.63, 3.8) is 0 Å². The van der Waals surface area contributed by atoms with E-state index in [0.717, 1.165) is 50.5 Å². The molecule has 0 amide bonds. The van der Waals surface area contributed by atoms with E-state index >= 15 is 0 Å². The van der Waals surface area contributed by atoms with Gasteiger partial charge in [-0.15, -0.1) is 0 Å². The summed E-state index contributed by atoms with van der Waals surface area (Å²) in [5.74, 6) is 0.875. The lowest BCUT2D eigenvalue weighted by Gasteiger charge is -2.28. The Kier molecular flexibility index (Phi) is 6.47. The van der Waals surface area contributed by atoms with Gasteiger partial charge in [-0.25, -0.2) is 4.98 Å². The van der Waals surface area contributed by atoms with Crippen molar-refractivity contribution in [1.29, 1.82) is 0 Å². The molecule has 3 heteroatoms. The molecule has 1 heterocycles. The Bertz CT molecular complexity index is 2140. The van der Waals surface area contributed by atoms with Gasteiger partial charge in [0.05, 0.1) is 5.52 Å². The average Bonchev–Trinajstić information content (AvgIpc) is 3.11. The molecule has 0 atom stereocenters. The van der Waals surface area contributed by atoms with Gasteiger partial charge in [0.2, 0.25) is 0 Å². The third-order valence-electron chi connectivity index (χ3n) is 8.21. The van der Waals surface area contributed by atoms with Crippen LogP contribution in [0.1, 0.15) is 0 Å². The lowest BCUT2D eigenvalue weighted by molar-refractivity contribution is 1.20. The molecule has 44 heavy (non-hydrogen) atoms. The van der Waals surface area contributed by atoms with Crippen molar-refractivity contribution in [3.05, 3.63) is 176 Å². The SMILES string of the molecule is c1ccc(N(c2ccccc2)c2ccc(N(c3ccccc3)c3ccc4c5ccccc5c5ccccc5c4n3)cc2)cc1. The van der Waals surface area contributed by atoms with Gasteiger partial charge in [-0.3, -0.25) is 4.90 Å². The van der Waals surface area contributed by atoms with Gasteiger partial charge in [-0.2, -0.15) is 0 Å². The average molecular weight is 564 g/mol. The molecule has 0 saturated carbocycles. The zero-order chi connectivity index (χ0) is 29.3. The van der Waals surface area contributed by atoms with Crippen LogP contribution in [0.25, 0.3) is 32.4 Å². The van der Waals surface area contributed by atoms with Crippen molar-refractivity contribution in [2.24, 2.45) is 0 Å². The van der Waals surface area contributed by atoms with Crippen LogP contribution in [0.5, 0.6) is 0 Å². The van der Waals surface area contributed by atoms with Gasteiger partial charge in [0.25, 0.3) is 0 Å². The molecule has 0 aliphatic rings. The fraction of sp³-hybridized carbons (Fsp3) is 0. The van der Waals surface area contributed by atoms with E-state index in [0.29, 0.717) is 0 Å². The number of hydrogen-bond acceptors (Lipinski definition) is 3. The predicted octanol–water partition coefficient (Wildman–Crippen LogP) is 11.5. The molecule has 0 saturated heterocycles. The van der Waals surface area contributed by atoms with Crippen LogP contribution in [0.3, 0.4) is 0 Å². The largest absolute Gasteiger partial charge is 0.311 e. The molecule has 0 aliphatic heterocycles. The normalized spacial score (nSPS) is 11.2. The Balaban J connectivity index is 1.29. The number of anilines is 6. The van der Waals surface area contributed by atoms with E-state index in [1.54, 1.807) is 0 Å². The van der Waals surface area contributed by atoms with E-state index in [1.165, 1.54) is 16.2 Å². The molecule has 3 nitrogen and oxygen atoms in total. The van der Waals surface area contributed by atoms with Crippen LogP contribution in [-0.4, -0.2) is 4.98 Å². The van der Waals surface area contributed by atoms with Crippen LogP contribution in [0, 0.1) is 0 Å². The first-order valence-corrected chi connectivity index (χ1v) is 14.9. The second kappa shape index (κ2) is 11.0. The molecule has 0 spiro atoms. The molecule has 208 valence electrons. The zero-order valence-corrected chi connectivity index (χ0v) is 24.1. The quantitative estimate of drug-likeness (QED) is 0.188. The van der Waals surface area contributed by atoms with Gasteiger partial charge in [0.15, 0.2) is 0 Å². The van der Waals surface area contributed by atoms with Crippen molar-refractivity contribution < 1.29 is 0 Å². The second-order valence-corrected chi connectivity index (χ2v) is 10.9. The van der Waals surface area contributed by atoms with Gasteiger partial charge >= 0.3 is 0 Å². The number of fused-ring (bicyclic) bond motifs is 6. The number of nitrogens with zero attached hydrogens (tertiary/aromatic N) is 3. The molecular formula is C41H29N3. The molecule has 0 N–H and O–H groups in total. The third kappa shape index (κ3) is 4.52. The summed E-state index contributed by atoms with van der Waals surface area (Å²) < 4.78 is 0. The highest BCUT2D eigenvalue weighted by molar-refractivity contribution is 6.24. The molecule has 1 aromatic heterocycles. The summed E-state index contributed by atoms with van der Waals surface area (Å²) in [6.07, 6.45) is 0. The van der Waals surface area contributed by atoms with E-state index in [9.17, 15) is 0 Å². The Morgan fingerprint density at radius 2 is 0.614 bits per heavy atom. The van der Waals surface area contributed by atoms with Gasteiger partial charge in [0.1, 0.15) is 5.82 Å². The fourth-order valence-electron chi connectivity index (χ4n) is 6.22. The summed E-state index contributed by atoms with van der Waals surface area (Å²) in [5, 5.41) is 6.01. The summed E-state index contributed by atoms with van der Waals surface area (Å²) in [7, 11) is 0. The number of rotatable bonds is 6. The molecule has 0 unspecified atom stereocenters. The van der Waals surface area contributed by atoms with E-state index in [2.05, 4.69) is 186 Å². The molecule has 8 aromatic rings. The topological polar surface area (TPSA) is 19.4 Å². The smallest absolute Gasteiger partial charge is 0.138 e. The van der Waals surface area contributed by atoms with Crippen molar-refractivity contribution in [3.8, 4) is 0 Å². The number of hydrogen-bond donors (Lipinski definition) is 0. The van der Waals surface area contributed by atoms with Crippen molar-refractivity contribution in [2.45, 2.75) is 0 Å². The lowest BCUT2D eigenvalue weighted by atomic mass is 9.97. The van der Waals surface area contributed by atoms with Crippen molar-refractivity contribution >= 4 is 66.7 Å². The van der Waals surface area contributed by atoms with Crippen molar-refractivity contribution in [1.82, 2.24) is 4.98 Å². The number of benzene rings is 7. The predicted molar refractivity (Wildman–Crippen MR) is 186 cm³/mol. The monoisotopic (exact) mass is 563 g/mol. The molecule has 0 fully saturated rings. The number of para-hydroxylation sites is 3.